The molecule has 0 aromatic heterocycles. The molecule has 0 atom stereocenters. The van der Waals surface area contributed by atoms with Gasteiger partial charge in [-0.05, 0) is 54.9 Å². The predicted molar refractivity (Wildman–Crippen MR) is 85.0 cm³/mol. The number of sulfonamides is 1. The Balaban J connectivity index is 2.47. The van der Waals surface area contributed by atoms with E-state index in [1.165, 1.54) is 12.1 Å². The van der Waals surface area contributed by atoms with Crippen molar-refractivity contribution in [2.75, 3.05) is 23.9 Å². The molecule has 5 nitrogen and oxygen atoms in total. The maximum Gasteiger partial charge on any atom is 0.238 e. The predicted octanol–water partition coefficient (Wildman–Crippen LogP) is 1.37. The molecule has 8 heteroatoms. The summed E-state index contributed by atoms with van der Waals surface area (Å²) >= 11 is 6.91. The van der Waals surface area contributed by atoms with E-state index in [-0.39, 0.29) is 4.90 Å². The van der Waals surface area contributed by atoms with Crippen molar-refractivity contribution < 1.29 is 8.42 Å². The number of thioether (sulfide) groups is 1. The minimum absolute atomic E-state index is 0.0805. The first-order valence-corrected chi connectivity index (χ1v) is 8.95. The number of primary sulfonamides is 1. The third-order valence-electron chi connectivity index (χ3n) is 2.25. The van der Waals surface area contributed by atoms with Crippen molar-refractivity contribution >= 4 is 44.8 Å². The first kappa shape index (κ1) is 16.2. The van der Waals surface area contributed by atoms with Crippen LogP contribution in [0.2, 0.25) is 0 Å². The summed E-state index contributed by atoms with van der Waals surface area (Å²) in [6.45, 7) is 0.807. The molecule has 4 N–H and O–H groups in total. The summed E-state index contributed by atoms with van der Waals surface area (Å²) in [6, 6.07) is 6.12. The van der Waals surface area contributed by atoms with Crippen molar-refractivity contribution in [3.63, 3.8) is 0 Å². The summed E-state index contributed by atoms with van der Waals surface area (Å²) < 4.78 is 22.2. The second kappa shape index (κ2) is 7.68. The second-order valence-corrected chi connectivity index (χ2v) is 6.75. The maximum absolute atomic E-state index is 11.1. The van der Waals surface area contributed by atoms with E-state index in [4.69, 9.17) is 17.4 Å². The highest BCUT2D eigenvalue weighted by molar-refractivity contribution is 7.98. The van der Waals surface area contributed by atoms with Crippen molar-refractivity contribution in [2.45, 2.75) is 11.3 Å². The van der Waals surface area contributed by atoms with Gasteiger partial charge in [0.15, 0.2) is 5.11 Å². The van der Waals surface area contributed by atoms with Gasteiger partial charge in [-0.25, -0.2) is 13.6 Å². The number of thiocarbonyl (C=S) groups is 1. The highest BCUT2D eigenvalue weighted by Crippen LogP contribution is 2.12. The zero-order valence-electron chi connectivity index (χ0n) is 10.5. The van der Waals surface area contributed by atoms with Gasteiger partial charge < -0.3 is 10.6 Å². The molecule has 0 saturated carbocycles. The molecule has 0 saturated heterocycles. The van der Waals surface area contributed by atoms with E-state index in [2.05, 4.69) is 16.9 Å². The van der Waals surface area contributed by atoms with E-state index in [1.807, 2.05) is 0 Å². The highest BCUT2D eigenvalue weighted by Gasteiger charge is 2.06. The fraction of sp³-hybridized carbons (Fsp3) is 0.364. The Morgan fingerprint density at radius 1 is 1.37 bits per heavy atom. The van der Waals surface area contributed by atoms with Gasteiger partial charge in [0.1, 0.15) is 0 Å². The minimum atomic E-state index is -3.65. The topological polar surface area (TPSA) is 84.2 Å². The molecule has 0 amide bonds. The number of hydrogen-bond acceptors (Lipinski definition) is 4. The van der Waals surface area contributed by atoms with Gasteiger partial charge in [-0.1, -0.05) is 0 Å². The molecule has 1 aromatic rings. The first-order chi connectivity index (χ1) is 8.93. The number of hydrogen-bond donors (Lipinski definition) is 3. The Kier molecular flexibility index (Phi) is 6.56. The summed E-state index contributed by atoms with van der Waals surface area (Å²) in [5.41, 5.74) is 0.717. The second-order valence-electron chi connectivity index (χ2n) is 3.80. The van der Waals surface area contributed by atoms with Crippen molar-refractivity contribution in [3.05, 3.63) is 24.3 Å². The smallest absolute Gasteiger partial charge is 0.238 e. The van der Waals surface area contributed by atoms with Gasteiger partial charge in [-0.15, -0.1) is 0 Å². The van der Waals surface area contributed by atoms with Gasteiger partial charge in [0.05, 0.1) is 4.90 Å². The van der Waals surface area contributed by atoms with Crippen molar-refractivity contribution in [3.8, 4) is 0 Å². The molecule has 19 heavy (non-hydrogen) atoms. The lowest BCUT2D eigenvalue weighted by Gasteiger charge is -2.10. The molecule has 0 aliphatic heterocycles. The summed E-state index contributed by atoms with van der Waals surface area (Å²) in [5.74, 6) is 1.08. The minimum Gasteiger partial charge on any atom is -0.362 e. The van der Waals surface area contributed by atoms with Crippen LogP contribution in [0.4, 0.5) is 5.69 Å². The number of nitrogens with two attached hydrogens (primary N) is 1. The van der Waals surface area contributed by atoms with E-state index >= 15 is 0 Å². The standard InChI is InChI=1S/C11H17N3O2S3/c1-18-8-2-7-13-11(17)14-9-3-5-10(6-4-9)19(12,15)16/h3-6H,2,7-8H2,1H3,(H2,12,15,16)(H2,13,14,17). The van der Waals surface area contributed by atoms with Crippen LogP contribution in [-0.4, -0.2) is 32.1 Å². The summed E-state index contributed by atoms with van der Waals surface area (Å²) in [4.78, 5) is 0.0805. The summed E-state index contributed by atoms with van der Waals surface area (Å²) in [5, 5.41) is 11.6. The molecule has 0 unspecified atom stereocenters. The number of anilines is 1. The van der Waals surface area contributed by atoms with Crippen LogP contribution >= 0.6 is 24.0 Å². The van der Waals surface area contributed by atoms with Gasteiger partial charge in [-0.3, -0.25) is 0 Å². The van der Waals surface area contributed by atoms with Gasteiger partial charge in [0.25, 0.3) is 0 Å². The van der Waals surface area contributed by atoms with Crippen LogP contribution in [0.1, 0.15) is 6.42 Å². The van der Waals surface area contributed by atoms with Crippen molar-refractivity contribution in [1.82, 2.24) is 5.32 Å². The zero-order chi connectivity index (χ0) is 14.3. The first-order valence-electron chi connectivity index (χ1n) is 5.60. The van der Waals surface area contributed by atoms with Gasteiger partial charge in [-0.2, -0.15) is 11.8 Å². The van der Waals surface area contributed by atoms with Crippen molar-refractivity contribution in [2.24, 2.45) is 5.14 Å². The molecule has 1 aromatic carbocycles. The Morgan fingerprint density at radius 3 is 2.53 bits per heavy atom. The van der Waals surface area contributed by atoms with Crippen LogP contribution in [0.3, 0.4) is 0 Å². The normalized spacial score (nSPS) is 11.1. The molecular formula is C11H17N3O2S3. The molecule has 0 aliphatic carbocycles. The SMILES string of the molecule is CSCCCNC(=S)Nc1ccc(S(N)(=O)=O)cc1. The van der Waals surface area contributed by atoms with Crippen LogP contribution < -0.4 is 15.8 Å². The fourth-order valence-electron chi connectivity index (χ4n) is 1.32. The number of rotatable bonds is 6. The van der Waals surface area contributed by atoms with E-state index in [0.717, 1.165) is 24.4 Å². The third kappa shape index (κ3) is 6.24. The van der Waals surface area contributed by atoms with Crippen LogP contribution in [0.25, 0.3) is 0 Å². The Labute approximate surface area is 123 Å². The van der Waals surface area contributed by atoms with Crippen molar-refractivity contribution in [1.29, 1.82) is 0 Å². The van der Waals surface area contributed by atoms with Crippen LogP contribution in [-0.2, 0) is 10.0 Å². The lowest BCUT2D eigenvalue weighted by atomic mass is 10.3. The summed E-state index contributed by atoms with van der Waals surface area (Å²) in [7, 11) is -3.65. The molecule has 0 bridgehead atoms. The lowest BCUT2D eigenvalue weighted by molar-refractivity contribution is 0.598. The van der Waals surface area contributed by atoms with Crippen LogP contribution in [0, 0.1) is 0 Å². The zero-order valence-corrected chi connectivity index (χ0v) is 13.0. The van der Waals surface area contributed by atoms with Gasteiger partial charge in [0.2, 0.25) is 10.0 Å². The molecule has 106 valence electrons. The third-order valence-corrected chi connectivity index (χ3v) is 4.12. The number of benzene rings is 1. The fourth-order valence-corrected chi connectivity index (χ4v) is 2.49. The molecule has 0 heterocycles. The van der Waals surface area contributed by atoms with E-state index in [1.54, 1.807) is 23.9 Å². The average Bonchev–Trinajstić information content (AvgIpc) is 2.34. The Morgan fingerprint density at radius 2 is 2.00 bits per heavy atom. The summed E-state index contributed by atoms with van der Waals surface area (Å²) in [6.07, 6.45) is 3.09. The molecule has 0 aliphatic rings. The lowest BCUT2D eigenvalue weighted by Crippen LogP contribution is -2.29. The molecular weight excluding hydrogens is 302 g/mol. The van der Waals surface area contributed by atoms with Gasteiger partial charge in [0, 0.05) is 12.2 Å². The Hall–Kier alpha value is -0.830. The highest BCUT2D eigenvalue weighted by atomic mass is 32.2. The molecule has 0 spiro atoms. The molecule has 1 rings (SSSR count). The van der Waals surface area contributed by atoms with Crippen LogP contribution in [0.15, 0.2) is 29.2 Å². The average molecular weight is 319 g/mol. The molecule has 0 radical (unpaired) electrons. The molecule has 0 fully saturated rings. The van der Waals surface area contributed by atoms with E-state index in [9.17, 15) is 8.42 Å². The Bertz CT molecular complexity index is 514. The quantitative estimate of drug-likeness (QED) is 0.542. The van der Waals surface area contributed by atoms with Gasteiger partial charge >= 0.3 is 0 Å². The number of nitrogens with one attached hydrogen (secondary N) is 2. The maximum atomic E-state index is 11.1. The largest absolute Gasteiger partial charge is 0.362 e. The van der Waals surface area contributed by atoms with Crippen LogP contribution in [0.5, 0.6) is 0 Å². The monoisotopic (exact) mass is 319 g/mol. The van der Waals surface area contributed by atoms with E-state index < -0.39 is 10.0 Å². The van der Waals surface area contributed by atoms with E-state index in [0.29, 0.717) is 5.11 Å².